The standard InChI is InChI=1S/C31H40O4Si/c1-7-8-15-26(20-24-21-29(33-5)30(34-6)22-25(24)23-32)35-36(31(2,3)4,27-16-11-9-12-17-27)28-18-13-10-14-19-28/h9-14,16-19,21-23,26H,7-8,15,20H2,1-6H3. The lowest BCUT2D eigenvalue weighted by Crippen LogP contribution is -2.67. The van der Waals surface area contributed by atoms with Crippen molar-refractivity contribution in [3.05, 3.63) is 83.9 Å². The normalized spacial score (nSPS) is 12.7. The van der Waals surface area contributed by atoms with Crippen molar-refractivity contribution in [1.82, 2.24) is 0 Å². The first-order chi connectivity index (χ1) is 17.3. The van der Waals surface area contributed by atoms with E-state index >= 15 is 0 Å². The van der Waals surface area contributed by atoms with Crippen molar-refractivity contribution >= 4 is 25.0 Å². The molecule has 0 aliphatic carbocycles. The van der Waals surface area contributed by atoms with Gasteiger partial charge in [-0.05, 0) is 45.9 Å². The zero-order valence-corrected chi connectivity index (χ0v) is 23.5. The lowest BCUT2D eigenvalue weighted by molar-refractivity contribution is 0.112. The highest BCUT2D eigenvalue weighted by molar-refractivity contribution is 6.99. The molecule has 192 valence electrons. The second-order valence-corrected chi connectivity index (χ2v) is 14.5. The summed E-state index contributed by atoms with van der Waals surface area (Å²) in [6.07, 6.45) is 4.50. The first-order valence-corrected chi connectivity index (χ1v) is 14.7. The van der Waals surface area contributed by atoms with Crippen LogP contribution in [0.1, 0.15) is 62.9 Å². The summed E-state index contributed by atoms with van der Waals surface area (Å²) in [5, 5.41) is 2.40. The first kappa shape index (κ1) is 27.7. The van der Waals surface area contributed by atoms with Crippen LogP contribution in [0.3, 0.4) is 0 Å². The molecule has 0 aliphatic heterocycles. The number of aldehydes is 1. The van der Waals surface area contributed by atoms with E-state index in [1.807, 2.05) is 6.07 Å². The molecule has 0 amide bonds. The van der Waals surface area contributed by atoms with Gasteiger partial charge in [-0.15, -0.1) is 0 Å². The minimum Gasteiger partial charge on any atom is -0.493 e. The van der Waals surface area contributed by atoms with E-state index in [4.69, 9.17) is 13.9 Å². The molecule has 0 N–H and O–H groups in total. The summed E-state index contributed by atoms with van der Waals surface area (Å²) in [4.78, 5) is 12.0. The minimum absolute atomic E-state index is 0.0620. The Morgan fingerprint density at radius 2 is 1.39 bits per heavy atom. The molecule has 3 aromatic rings. The van der Waals surface area contributed by atoms with Crippen LogP contribution >= 0.6 is 0 Å². The van der Waals surface area contributed by atoms with Gasteiger partial charge in [-0.2, -0.15) is 0 Å². The monoisotopic (exact) mass is 504 g/mol. The third kappa shape index (κ3) is 5.90. The van der Waals surface area contributed by atoms with Gasteiger partial charge in [0, 0.05) is 11.7 Å². The predicted octanol–water partition coefficient (Wildman–Crippen LogP) is 6.19. The molecule has 5 heteroatoms. The molecule has 1 unspecified atom stereocenters. The molecule has 0 saturated carbocycles. The maximum Gasteiger partial charge on any atom is 0.261 e. The quantitative estimate of drug-likeness (QED) is 0.218. The molecule has 3 aromatic carbocycles. The number of carbonyl (C=O) groups excluding carboxylic acids is 1. The van der Waals surface area contributed by atoms with Gasteiger partial charge in [-0.25, -0.2) is 0 Å². The SMILES string of the molecule is CCCCC(Cc1cc(OC)c(OC)cc1C=O)O[Si](c1ccccc1)(c1ccccc1)C(C)(C)C. The fourth-order valence-corrected chi connectivity index (χ4v) is 9.76. The Bertz CT molecular complexity index is 1070. The van der Waals surface area contributed by atoms with Crippen LogP contribution in [0, 0.1) is 0 Å². The predicted molar refractivity (Wildman–Crippen MR) is 151 cm³/mol. The average Bonchev–Trinajstić information content (AvgIpc) is 2.90. The lowest BCUT2D eigenvalue weighted by Gasteiger charge is -2.45. The van der Waals surface area contributed by atoms with Gasteiger partial charge in [0.1, 0.15) is 6.29 Å². The van der Waals surface area contributed by atoms with E-state index in [0.29, 0.717) is 23.5 Å². The Labute approximate surface area is 217 Å². The molecule has 0 fully saturated rings. The summed E-state index contributed by atoms with van der Waals surface area (Å²) < 4.78 is 18.5. The summed E-state index contributed by atoms with van der Waals surface area (Å²) in [7, 11) is 0.478. The van der Waals surface area contributed by atoms with Crippen molar-refractivity contribution in [3.63, 3.8) is 0 Å². The van der Waals surface area contributed by atoms with E-state index in [9.17, 15) is 4.79 Å². The number of benzene rings is 3. The van der Waals surface area contributed by atoms with Crippen LogP contribution in [-0.2, 0) is 10.8 Å². The van der Waals surface area contributed by atoms with Crippen LogP contribution in [0.2, 0.25) is 5.04 Å². The Hall–Kier alpha value is -2.89. The molecular formula is C31H40O4Si. The fourth-order valence-electron chi connectivity index (χ4n) is 5.04. The van der Waals surface area contributed by atoms with Gasteiger partial charge in [0.05, 0.1) is 14.2 Å². The number of ether oxygens (including phenoxy) is 2. The van der Waals surface area contributed by atoms with E-state index in [1.54, 1.807) is 20.3 Å². The molecule has 0 heterocycles. The molecule has 36 heavy (non-hydrogen) atoms. The molecule has 0 aromatic heterocycles. The van der Waals surface area contributed by atoms with Gasteiger partial charge < -0.3 is 13.9 Å². The number of unbranched alkanes of at least 4 members (excludes halogenated alkanes) is 1. The van der Waals surface area contributed by atoms with E-state index in [2.05, 4.69) is 88.4 Å². The van der Waals surface area contributed by atoms with Crippen LogP contribution in [0.4, 0.5) is 0 Å². The fraction of sp³-hybridized carbons (Fsp3) is 0.387. The topological polar surface area (TPSA) is 44.8 Å². The number of carbonyl (C=O) groups is 1. The zero-order chi connectivity index (χ0) is 26.2. The molecule has 3 rings (SSSR count). The Morgan fingerprint density at radius 3 is 1.83 bits per heavy atom. The molecule has 0 bridgehead atoms. The van der Waals surface area contributed by atoms with Gasteiger partial charge in [0.25, 0.3) is 8.32 Å². The average molecular weight is 505 g/mol. The number of hydrogen-bond acceptors (Lipinski definition) is 4. The highest BCUT2D eigenvalue weighted by Crippen LogP contribution is 2.39. The number of methoxy groups -OCH3 is 2. The summed E-state index contributed by atoms with van der Waals surface area (Å²) in [6, 6.07) is 25.1. The molecule has 0 aliphatic rings. The smallest absolute Gasteiger partial charge is 0.261 e. The Morgan fingerprint density at radius 1 is 0.861 bits per heavy atom. The van der Waals surface area contributed by atoms with E-state index in [1.165, 1.54) is 10.4 Å². The zero-order valence-electron chi connectivity index (χ0n) is 22.5. The van der Waals surface area contributed by atoms with Crippen LogP contribution in [0.5, 0.6) is 11.5 Å². The van der Waals surface area contributed by atoms with Gasteiger partial charge in [-0.3, -0.25) is 4.79 Å². The summed E-state index contributed by atoms with van der Waals surface area (Å²) in [5.74, 6) is 1.18. The molecule has 1 atom stereocenters. The first-order valence-electron chi connectivity index (χ1n) is 12.8. The largest absolute Gasteiger partial charge is 0.493 e. The van der Waals surface area contributed by atoms with E-state index in [0.717, 1.165) is 31.1 Å². The number of rotatable bonds is 12. The maximum atomic E-state index is 12.0. The molecule has 0 spiro atoms. The summed E-state index contributed by atoms with van der Waals surface area (Å²) in [5.41, 5.74) is 1.53. The van der Waals surface area contributed by atoms with Crippen molar-refractivity contribution in [1.29, 1.82) is 0 Å². The number of hydrogen-bond donors (Lipinski definition) is 0. The van der Waals surface area contributed by atoms with Crippen molar-refractivity contribution in [3.8, 4) is 11.5 Å². The summed E-state index contributed by atoms with van der Waals surface area (Å²) >= 11 is 0. The Kier molecular flexibility index (Phi) is 9.52. The molecule has 4 nitrogen and oxygen atoms in total. The van der Waals surface area contributed by atoms with Crippen LogP contribution < -0.4 is 19.8 Å². The van der Waals surface area contributed by atoms with Crippen LogP contribution in [-0.4, -0.2) is 34.9 Å². The van der Waals surface area contributed by atoms with Gasteiger partial charge in [0.15, 0.2) is 11.5 Å². The molecule has 0 saturated heterocycles. The van der Waals surface area contributed by atoms with E-state index < -0.39 is 8.32 Å². The highest BCUT2D eigenvalue weighted by atomic mass is 28.4. The van der Waals surface area contributed by atoms with E-state index in [-0.39, 0.29) is 11.1 Å². The molecular weight excluding hydrogens is 464 g/mol. The third-order valence-electron chi connectivity index (χ3n) is 6.86. The van der Waals surface area contributed by atoms with Gasteiger partial charge >= 0.3 is 0 Å². The van der Waals surface area contributed by atoms with Crippen molar-refractivity contribution in [2.24, 2.45) is 0 Å². The third-order valence-corrected chi connectivity index (χ3v) is 12.0. The van der Waals surface area contributed by atoms with Gasteiger partial charge in [-0.1, -0.05) is 101 Å². The maximum absolute atomic E-state index is 12.0. The van der Waals surface area contributed by atoms with Crippen molar-refractivity contribution in [2.75, 3.05) is 14.2 Å². The molecule has 0 radical (unpaired) electrons. The van der Waals surface area contributed by atoms with Gasteiger partial charge in [0.2, 0.25) is 0 Å². The van der Waals surface area contributed by atoms with Crippen molar-refractivity contribution < 1.29 is 18.7 Å². The van der Waals surface area contributed by atoms with Crippen molar-refractivity contribution in [2.45, 2.75) is 64.5 Å². The Balaban J connectivity index is 2.15. The lowest BCUT2D eigenvalue weighted by atomic mass is 9.98. The second-order valence-electron chi connectivity index (χ2n) is 10.3. The van der Waals surface area contributed by atoms with Crippen LogP contribution in [0.25, 0.3) is 0 Å². The van der Waals surface area contributed by atoms with Crippen LogP contribution in [0.15, 0.2) is 72.8 Å². The summed E-state index contributed by atoms with van der Waals surface area (Å²) in [6.45, 7) is 9.09. The minimum atomic E-state index is -2.73. The second kappa shape index (κ2) is 12.4. The highest BCUT2D eigenvalue weighted by Gasteiger charge is 2.51.